The van der Waals surface area contributed by atoms with Gasteiger partial charge < -0.3 is 10.0 Å². The maximum Gasteiger partial charge on any atom is 0.258 e. The number of hydrogen-bond acceptors (Lipinski definition) is 5. The summed E-state index contributed by atoms with van der Waals surface area (Å²) in [4.78, 5) is 22.4. The zero-order valence-electron chi connectivity index (χ0n) is 16.4. The lowest BCUT2D eigenvalue weighted by atomic mass is 10.1. The Morgan fingerprint density at radius 3 is 2.64 bits per heavy atom. The van der Waals surface area contributed by atoms with E-state index in [1.807, 2.05) is 44.1 Å². The van der Waals surface area contributed by atoms with Gasteiger partial charge in [0, 0.05) is 31.5 Å². The number of unbranched alkanes of at least 4 members (excludes halogenated alkanes) is 1. The fraction of sp³-hybridized carbons (Fsp3) is 0.333. The molecule has 0 radical (unpaired) electrons. The molecule has 2 rings (SSSR count). The summed E-state index contributed by atoms with van der Waals surface area (Å²) in [5.41, 5.74) is 2.42. The summed E-state index contributed by atoms with van der Waals surface area (Å²) in [6.45, 7) is 13.5. The standard InChI is InChI=1S/C21H25N3O4/c1-14-12-17(23(4)5)9-8-16(14)13-18-15(2)19(22-3)21(26)24(20(18)25)10-6-7-11-28-27/h8-9,12-13,26-27H,2,6-7,10-11H2,1,4-5H3. The van der Waals surface area contributed by atoms with Crippen LogP contribution in [0.4, 0.5) is 11.4 Å². The number of pyridine rings is 1. The molecule has 2 aromatic rings. The second-order valence-corrected chi connectivity index (χ2v) is 6.75. The lowest BCUT2D eigenvalue weighted by Crippen LogP contribution is -2.44. The second kappa shape index (κ2) is 9.22. The minimum atomic E-state index is -0.407. The first-order chi connectivity index (χ1) is 13.3. The molecule has 0 amide bonds. The molecule has 0 unspecified atom stereocenters. The van der Waals surface area contributed by atoms with Crippen LogP contribution in [0.2, 0.25) is 0 Å². The molecule has 148 valence electrons. The van der Waals surface area contributed by atoms with Crippen molar-refractivity contribution in [1.82, 2.24) is 4.57 Å². The fourth-order valence-electron chi connectivity index (χ4n) is 2.93. The lowest BCUT2D eigenvalue weighted by Gasteiger charge is -2.14. The van der Waals surface area contributed by atoms with Crippen LogP contribution in [0.15, 0.2) is 23.0 Å². The van der Waals surface area contributed by atoms with Crippen molar-refractivity contribution in [2.45, 2.75) is 26.3 Å². The summed E-state index contributed by atoms with van der Waals surface area (Å²) < 4.78 is 1.18. The smallest absolute Gasteiger partial charge is 0.258 e. The first-order valence-corrected chi connectivity index (χ1v) is 8.90. The molecule has 0 saturated heterocycles. The summed E-state index contributed by atoms with van der Waals surface area (Å²) in [5.74, 6) is -0.383. The van der Waals surface area contributed by atoms with Gasteiger partial charge in [0.2, 0.25) is 0 Å². The monoisotopic (exact) mass is 383 g/mol. The van der Waals surface area contributed by atoms with Crippen LogP contribution < -0.4 is 20.9 Å². The van der Waals surface area contributed by atoms with E-state index in [1.165, 1.54) is 4.57 Å². The number of anilines is 1. The number of nitrogens with zero attached hydrogens (tertiary/aromatic N) is 3. The van der Waals surface area contributed by atoms with Crippen LogP contribution in [0.5, 0.6) is 5.88 Å². The predicted molar refractivity (Wildman–Crippen MR) is 110 cm³/mol. The molecule has 0 aliphatic heterocycles. The highest BCUT2D eigenvalue weighted by Crippen LogP contribution is 2.20. The number of benzene rings is 1. The van der Waals surface area contributed by atoms with Crippen LogP contribution >= 0.6 is 0 Å². The molecule has 0 atom stereocenters. The highest BCUT2D eigenvalue weighted by Gasteiger charge is 2.13. The van der Waals surface area contributed by atoms with Crippen LogP contribution in [0.25, 0.3) is 17.5 Å². The molecule has 1 heterocycles. The van der Waals surface area contributed by atoms with Gasteiger partial charge >= 0.3 is 0 Å². The molecule has 0 saturated carbocycles. The Labute approximate surface area is 163 Å². The van der Waals surface area contributed by atoms with E-state index in [9.17, 15) is 9.90 Å². The molecule has 0 aliphatic rings. The van der Waals surface area contributed by atoms with Gasteiger partial charge in [-0.3, -0.25) is 14.6 Å². The fourth-order valence-corrected chi connectivity index (χ4v) is 2.93. The molecule has 7 nitrogen and oxygen atoms in total. The van der Waals surface area contributed by atoms with Gasteiger partial charge in [-0.05, 0) is 54.3 Å². The third-order valence-electron chi connectivity index (χ3n) is 4.60. The maximum absolute atomic E-state index is 13.0. The molecule has 1 aromatic carbocycles. The topological polar surface area (TPSA) is 79.3 Å². The molecule has 7 heteroatoms. The Balaban J connectivity index is 2.64. The molecule has 2 N–H and O–H groups in total. The van der Waals surface area contributed by atoms with Gasteiger partial charge in [-0.25, -0.2) is 9.73 Å². The Morgan fingerprint density at radius 1 is 1.36 bits per heavy atom. The summed E-state index contributed by atoms with van der Waals surface area (Å²) in [5, 5.41) is 19.3. The van der Waals surface area contributed by atoms with Gasteiger partial charge in [-0.2, -0.15) is 0 Å². The molecule has 0 aliphatic carbocycles. The Bertz CT molecular complexity index is 1070. The van der Waals surface area contributed by atoms with E-state index < -0.39 is 5.56 Å². The van der Waals surface area contributed by atoms with E-state index in [0.717, 1.165) is 16.8 Å². The Kier molecular flexibility index (Phi) is 6.99. The van der Waals surface area contributed by atoms with Crippen molar-refractivity contribution in [2.24, 2.45) is 0 Å². The van der Waals surface area contributed by atoms with Gasteiger partial charge in [-0.15, -0.1) is 6.58 Å². The number of aromatic nitrogens is 1. The third kappa shape index (κ3) is 4.42. The Hall–Kier alpha value is -3.08. The molecular weight excluding hydrogens is 358 g/mol. The van der Waals surface area contributed by atoms with Gasteiger partial charge in [0.25, 0.3) is 11.2 Å². The minimum Gasteiger partial charge on any atom is -0.503 e. The van der Waals surface area contributed by atoms with E-state index in [-0.39, 0.29) is 35.2 Å². The van der Waals surface area contributed by atoms with Gasteiger partial charge in [-0.1, -0.05) is 6.07 Å². The van der Waals surface area contributed by atoms with Crippen LogP contribution in [-0.4, -0.2) is 35.6 Å². The SMILES string of the molecule is [C-]#[N+]c1c(O)n(CCCCOO)c(=O)c(=Cc2ccc(N(C)C)cc2C)c1=C. The third-order valence-corrected chi connectivity index (χ3v) is 4.60. The number of hydrogen-bond donors (Lipinski definition) is 2. The Morgan fingerprint density at radius 2 is 2.07 bits per heavy atom. The van der Waals surface area contributed by atoms with E-state index in [4.69, 9.17) is 11.8 Å². The molecule has 0 fully saturated rings. The van der Waals surface area contributed by atoms with Crippen LogP contribution in [0.1, 0.15) is 24.0 Å². The minimum absolute atomic E-state index is 0.0353. The van der Waals surface area contributed by atoms with E-state index in [1.54, 1.807) is 6.08 Å². The average molecular weight is 383 g/mol. The van der Waals surface area contributed by atoms with Crippen molar-refractivity contribution in [1.29, 1.82) is 0 Å². The molecule has 1 aromatic heterocycles. The predicted octanol–water partition coefficient (Wildman–Crippen LogP) is 1.99. The summed E-state index contributed by atoms with van der Waals surface area (Å²) in [6, 6.07) is 5.88. The van der Waals surface area contributed by atoms with Gasteiger partial charge in [0.15, 0.2) is 5.88 Å². The number of aryl methyl sites for hydroxylation is 1. The van der Waals surface area contributed by atoms with Gasteiger partial charge in [0.1, 0.15) is 0 Å². The zero-order valence-corrected chi connectivity index (χ0v) is 16.4. The summed E-state index contributed by atoms with van der Waals surface area (Å²) >= 11 is 0. The first kappa shape index (κ1) is 21.2. The largest absolute Gasteiger partial charge is 0.503 e. The number of aromatic hydroxyl groups is 1. The van der Waals surface area contributed by atoms with E-state index in [0.29, 0.717) is 12.8 Å². The highest BCUT2D eigenvalue weighted by atomic mass is 17.1. The first-order valence-electron chi connectivity index (χ1n) is 8.90. The van der Waals surface area contributed by atoms with E-state index >= 15 is 0 Å². The van der Waals surface area contributed by atoms with Crippen molar-refractivity contribution in [3.63, 3.8) is 0 Å². The highest BCUT2D eigenvalue weighted by molar-refractivity contribution is 5.62. The van der Waals surface area contributed by atoms with Crippen LogP contribution in [0.3, 0.4) is 0 Å². The van der Waals surface area contributed by atoms with E-state index in [2.05, 4.69) is 16.3 Å². The lowest BCUT2D eigenvalue weighted by molar-refractivity contribution is -0.242. The van der Waals surface area contributed by atoms with Crippen molar-refractivity contribution < 1.29 is 15.3 Å². The van der Waals surface area contributed by atoms with Crippen molar-refractivity contribution >= 4 is 24.0 Å². The van der Waals surface area contributed by atoms with Crippen molar-refractivity contribution in [2.75, 3.05) is 25.6 Å². The van der Waals surface area contributed by atoms with Gasteiger partial charge in [0.05, 0.1) is 13.2 Å². The van der Waals surface area contributed by atoms with Crippen molar-refractivity contribution in [3.05, 3.63) is 61.5 Å². The molecular formula is C21H25N3O4. The molecule has 0 bridgehead atoms. The molecule has 0 spiro atoms. The zero-order chi connectivity index (χ0) is 20.8. The normalized spacial score (nSPS) is 11.5. The second-order valence-electron chi connectivity index (χ2n) is 6.75. The maximum atomic E-state index is 13.0. The molecule has 28 heavy (non-hydrogen) atoms. The average Bonchev–Trinajstić information content (AvgIpc) is 2.65. The summed E-state index contributed by atoms with van der Waals surface area (Å²) in [7, 11) is 3.91. The summed E-state index contributed by atoms with van der Waals surface area (Å²) in [6.07, 6.45) is 2.71. The number of rotatable bonds is 7. The van der Waals surface area contributed by atoms with Crippen molar-refractivity contribution in [3.8, 4) is 5.88 Å². The van der Waals surface area contributed by atoms with Crippen LogP contribution in [0, 0.1) is 13.5 Å². The van der Waals surface area contributed by atoms with Crippen LogP contribution in [-0.2, 0) is 11.4 Å². The quantitative estimate of drug-likeness (QED) is 0.331.